The maximum absolute atomic E-state index is 14.7. The minimum atomic E-state index is -4.14. The van der Waals surface area contributed by atoms with E-state index in [1.165, 1.54) is 13.1 Å². The highest BCUT2D eigenvalue weighted by Gasteiger charge is 2.60. The largest absolute Gasteiger partial charge is 0.384 e. The van der Waals surface area contributed by atoms with Gasteiger partial charge in [-0.15, -0.1) is 0 Å². The normalized spacial score (nSPS) is 25.3. The van der Waals surface area contributed by atoms with Crippen molar-refractivity contribution >= 4 is 19.4 Å². The second-order valence-corrected chi connectivity index (χ2v) is 9.25. The van der Waals surface area contributed by atoms with E-state index in [0.717, 1.165) is 6.20 Å². The summed E-state index contributed by atoms with van der Waals surface area (Å²) in [6, 6.07) is 0.336. The lowest BCUT2D eigenvalue weighted by Gasteiger charge is -2.25. The van der Waals surface area contributed by atoms with E-state index in [1.807, 2.05) is 0 Å². The molecule has 12 nitrogen and oxygen atoms in total. The predicted octanol–water partition coefficient (Wildman–Crippen LogP) is 0.0123. The number of aliphatic hydroxyl groups is 1. The molecule has 0 saturated carbocycles. The number of carbonyl (C=O) groups excluding carboxylic acids is 1. The molecule has 1 fully saturated rings. The summed E-state index contributed by atoms with van der Waals surface area (Å²) in [6.07, 6.45) is -5.14. The third-order valence-electron chi connectivity index (χ3n) is 4.77. The van der Waals surface area contributed by atoms with Crippen LogP contribution in [-0.4, -0.2) is 64.9 Å². The van der Waals surface area contributed by atoms with Gasteiger partial charge in [-0.25, -0.2) is 15.4 Å². The highest BCUT2D eigenvalue weighted by atomic mass is 31.2. The summed E-state index contributed by atoms with van der Waals surface area (Å²) in [7, 11) is -2.76. The standard InChI is InChI=1S/C17H29F2N6O6P/c1-5-22-11-6-7-25(16(28)23-11)15-17(18,19)13(26)10(31-15)8-30-32(20,29)24-12(9(2)3)14(27)21-4/h6-7,9-10,12-13,15,26H,5,8H2,1-4H3,(H,21,27)(H3,20,24,29)(H,22,23,28)/t10?,12?,13-,15?,32?/m1/s1. The van der Waals surface area contributed by atoms with E-state index in [-0.39, 0.29) is 11.7 Å². The Labute approximate surface area is 183 Å². The van der Waals surface area contributed by atoms with Crippen LogP contribution in [0.3, 0.4) is 0 Å². The smallest absolute Gasteiger partial charge is 0.351 e. The van der Waals surface area contributed by atoms with Crippen molar-refractivity contribution in [2.24, 2.45) is 11.4 Å². The number of rotatable bonds is 10. The molecule has 6 N–H and O–H groups in total. The molecule has 182 valence electrons. The number of aliphatic hydroxyl groups excluding tert-OH is 1. The average Bonchev–Trinajstić information content (AvgIpc) is 2.93. The summed E-state index contributed by atoms with van der Waals surface area (Å²) >= 11 is 0. The van der Waals surface area contributed by atoms with E-state index in [1.54, 1.807) is 20.8 Å². The fraction of sp³-hybridized carbons (Fsp3) is 0.706. The van der Waals surface area contributed by atoms with E-state index < -0.39 is 56.3 Å². The van der Waals surface area contributed by atoms with Crippen LogP contribution in [0.15, 0.2) is 17.1 Å². The number of hydrogen-bond acceptors (Lipinski definition) is 8. The van der Waals surface area contributed by atoms with Gasteiger partial charge in [-0.3, -0.25) is 13.9 Å². The zero-order valence-corrected chi connectivity index (χ0v) is 19.0. The van der Waals surface area contributed by atoms with Crippen LogP contribution in [0, 0.1) is 5.92 Å². The number of nitrogens with two attached hydrogens (primary N) is 1. The maximum Gasteiger partial charge on any atom is 0.351 e. The number of anilines is 1. The van der Waals surface area contributed by atoms with Crippen molar-refractivity contribution in [2.75, 3.05) is 25.5 Å². The Hall–Kier alpha value is -1.96. The molecule has 0 aliphatic carbocycles. The second kappa shape index (κ2) is 10.3. The van der Waals surface area contributed by atoms with E-state index in [2.05, 4.69) is 20.7 Å². The Kier molecular flexibility index (Phi) is 8.48. The van der Waals surface area contributed by atoms with Crippen LogP contribution in [-0.2, 0) is 18.6 Å². The van der Waals surface area contributed by atoms with Gasteiger partial charge >= 0.3 is 19.3 Å². The topological polar surface area (TPSA) is 170 Å². The van der Waals surface area contributed by atoms with Gasteiger partial charge in [0.1, 0.15) is 11.9 Å². The lowest BCUT2D eigenvalue weighted by molar-refractivity contribution is -0.140. The van der Waals surface area contributed by atoms with Crippen molar-refractivity contribution < 1.29 is 32.5 Å². The van der Waals surface area contributed by atoms with Crippen molar-refractivity contribution in [3.8, 4) is 0 Å². The minimum Gasteiger partial charge on any atom is -0.384 e. The van der Waals surface area contributed by atoms with Gasteiger partial charge in [0.15, 0.2) is 6.10 Å². The van der Waals surface area contributed by atoms with Crippen molar-refractivity contribution in [1.29, 1.82) is 0 Å². The van der Waals surface area contributed by atoms with Gasteiger partial charge < -0.3 is 25.0 Å². The van der Waals surface area contributed by atoms with Crippen LogP contribution in [0.4, 0.5) is 14.6 Å². The molecule has 0 bridgehead atoms. The Morgan fingerprint density at radius 3 is 2.69 bits per heavy atom. The fourth-order valence-corrected chi connectivity index (χ4v) is 4.30. The van der Waals surface area contributed by atoms with Crippen LogP contribution in [0.1, 0.15) is 27.0 Å². The summed E-state index contributed by atoms with van der Waals surface area (Å²) in [5, 5.41) is 17.6. The lowest BCUT2D eigenvalue weighted by Crippen LogP contribution is -2.46. The first kappa shape index (κ1) is 26.3. The quantitative estimate of drug-likeness (QED) is 0.286. The monoisotopic (exact) mass is 482 g/mol. The number of ether oxygens (including phenoxy) is 1. The van der Waals surface area contributed by atoms with Crippen molar-refractivity contribution in [2.45, 2.75) is 51.2 Å². The molecular formula is C17H29F2N6O6P. The Morgan fingerprint density at radius 1 is 1.50 bits per heavy atom. The molecule has 32 heavy (non-hydrogen) atoms. The summed E-state index contributed by atoms with van der Waals surface area (Å²) in [4.78, 5) is 27.7. The fourth-order valence-electron chi connectivity index (χ4n) is 3.06. The Morgan fingerprint density at radius 2 is 2.16 bits per heavy atom. The van der Waals surface area contributed by atoms with Gasteiger partial charge in [-0.2, -0.15) is 13.8 Å². The van der Waals surface area contributed by atoms with Crippen molar-refractivity contribution in [3.05, 3.63) is 22.7 Å². The van der Waals surface area contributed by atoms with Gasteiger partial charge in [0, 0.05) is 19.8 Å². The number of nitrogens with zero attached hydrogens (tertiary/aromatic N) is 2. The first-order chi connectivity index (χ1) is 14.8. The molecule has 1 saturated heterocycles. The van der Waals surface area contributed by atoms with E-state index in [9.17, 15) is 28.0 Å². The van der Waals surface area contributed by atoms with Gasteiger partial charge in [0.25, 0.3) is 0 Å². The predicted molar refractivity (Wildman–Crippen MR) is 111 cm³/mol. The average molecular weight is 482 g/mol. The number of aromatic nitrogens is 2. The minimum absolute atomic E-state index is 0.196. The number of hydrogen-bond donors (Lipinski definition) is 5. The van der Waals surface area contributed by atoms with E-state index in [0.29, 0.717) is 11.1 Å². The SMILES string of the molecule is CCNc1ccn(C2OC(COP(N)(=O)NC(C(=O)NC)C(C)C)[C@@H](O)C2(F)F)c(=O)n1. The molecule has 5 atom stereocenters. The maximum atomic E-state index is 14.7. The zero-order chi connectivity index (χ0) is 24.3. The first-order valence-corrected chi connectivity index (χ1v) is 11.6. The number of halogens is 2. The van der Waals surface area contributed by atoms with Crippen LogP contribution in [0.25, 0.3) is 0 Å². The molecule has 2 rings (SSSR count). The number of alkyl halides is 2. The zero-order valence-electron chi connectivity index (χ0n) is 18.1. The molecular weight excluding hydrogens is 453 g/mol. The van der Waals surface area contributed by atoms with Crippen LogP contribution in [0.2, 0.25) is 0 Å². The molecule has 2 heterocycles. The second-order valence-electron chi connectivity index (χ2n) is 7.54. The number of likely N-dealkylation sites (N-methyl/N-ethyl adjacent to an activating group) is 1. The number of nitrogens with one attached hydrogen (secondary N) is 3. The van der Waals surface area contributed by atoms with Crippen LogP contribution < -0.4 is 26.9 Å². The molecule has 1 aliphatic rings. The van der Waals surface area contributed by atoms with Gasteiger partial charge in [0.2, 0.25) is 12.1 Å². The Balaban J connectivity index is 2.13. The Bertz CT molecular complexity index is 916. The molecule has 0 aromatic carbocycles. The van der Waals surface area contributed by atoms with E-state index >= 15 is 0 Å². The summed E-state index contributed by atoms with van der Waals surface area (Å²) in [6.45, 7) is 4.80. The number of carbonyl (C=O) groups is 1. The van der Waals surface area contributed by atoms with Crippen molar-refractivity contribution in [1.82, 2.24) is 20.0 Å². The van der Waals surface area contributed by atoms with E-state index in [4.69, 9.17) is 14.8 Å². The summed E-state index contributed by atoms with van der Waals surface area (Å²) in [5.41, 5.74) is 4.58. The van der Waals surface area contributed by atoms with Crippen LogP contribution in [0.5, 0.6) is 0 Å². The molecule has 4 unspecified atom stereocenters. The molecule has 1 aliphatic heterocycles. The van der Waals surface area contributed by atoms with Crippen molar-refractivity contribution in [3.63, 3.8) is 0 Å². The molecule has 1 aromatic heterocycles. The molecule has 0 radical (unpaired) electrons. The first-order valence-electron chi connectivity index (χ1n) is 9.91. The highest BCUT2D eigenvalue weighted by Crippen LogP contribution is 2.44. The summed E-state index contributed by atoms with van der Waals surface area (Å²) in [5.74, 6) is -4.50. The lowest BCUT2D eigenvalue weighted by atomic mass is 10.1. The molecule has 1 amide bonds. The van der Waals surface area contributed by atoms with Gasteiger partial charge in [-0.05, 0) is 18.9 Å². The third-order valence-corrected chi connectivity index (χ3v) is 5.94. The highest BCUT2D eigenvalue weighted by molar-refractivity contribution is 7.54. The molecule has 0 spiro atoms. The number of amides is 1. The van der Waals surface area contributed by atoms with Gasteiger partial charge in [-0.1, -0.05) is 13.8 Å². The summed E-state index contributed by atoms with van der Waals surface area (Å²) < 4.78 is 52.6. The molecule has 15 heteroatoms. The third kappa shape index (κ3) is 5.88. The van der Waals surface area contributed by atoms with Crippen LogP contribution >= 0.6 is 7.67 Å². The molecule has 1 aromatic rings. The van der Waals surface area contributed by atoms with Gasteiger partial charge in [0.05, 0.1) is 12.6 Å².